The molecule has 2 heterocycles. The van der Waals surface area contributed by atoms with Crippen molar-refractivity contribution < 1.29 is 5.11 Å². The van der Waals surface area contributed by atoms with Crippen molar-refractivity contribution >= 4 is 34.5 Å². The second-order valence-corrected chi connectivity index (χ2v) is 7.57. The molecule has 144 valence electrons. The van der Waals surface area contributed by atoms with Crippen molar-refractivity contribution in [3.63, 3.8) is 0 Å². The summed E-state index contributed by atoms with van der Waals surface area (Å²) in [6.45, 7) is 0.535. The number of nitrogens with zero attached hydrogens (tertiary/aromatic N) is 4. The third-order valence-corrected chi connectivity index (χ3v) is 5.84. The fraction of sp³-hybridized carbons (Fsp3) is 0.389. The smallest absolute Gasteiger partial charge is 0.332 e. The lowest BCUT2D eigenvalue weighted by molar-refractivity contribution is 0.223. The molecule has 3 rings (SSSR count). The molecule has 2 aromatic heterocycles. The highest BCUT2D eigenvalue weighted by Gasteiger charge is 2.20. The maximum absolute atomic E-state index is 12.8. The van der Waals surface area contributed by atoms with Crippen LogP contribution in [0.3, 0.4) is 0 Å². The van der Waals surface area contributed by atoms with E-state index < -0.39 is 11.8 Å². The van der Waals surface area contributed by atoms with E-state index in [1.807, 2.05) is 34.9 Å². The summed E-state index contributed by atoms with van der Waals surface area (Å²) in [6.07, 6.45) is 0.0369. The summed E-state index contributed by atoms with van der Waals surface area (Å²) >= 11 is 7.00. The van der Waals surface area contributed by atoms with Gasteiger partial charge in [-0.25, -0.2) is 9.78 Å². The molecule has 1 N–H and O–H groups in total. The number of aliphatic hydroxyl groups excluding tert-OH is 1. The maximum atomic E-state index is 12.8. The Hall–Kier alpha value is -2.03. The van der Waals surface area contributed by atoms with Gasteiger partial charge in [-0.05, 0) is 12.0 Å². The van der Waals surface area contributed by atoms with Crippen molar-refractivity contribution in [1.29, 1.82) is 0 Å². The van der Waals surface area contributed by atoms with Crippen molar-refractivity contribution in [3.8, 4) is 0 Å². The lowest BCUT2D eigenvalue weighted by Gasteiger charge is -2.10. The minimum Gasteiger partial charge on any atom is -0.391 e. The molecule has 0 radical (unpaired) electrons. The van der Waals surface area contributed by atoms with Crippen LogP contribution < -0.4 is 11.2 Å². The average Bonchev–Trinajstić information content (AvgIpc) is 3.06. The van der Waals surface area contributed by atoms with Gasteiger partial charge in [0.2, 0.25) is 0 Å². The molecule has 0 aliphatic rings. The number of thioether (sulfide) groups is 1. The number of fused-ring (bicyclic) bond motifs is 1. The Morgan fingerprint density at radius 3 is 2.56 bits per heavy atom. The average molecular weight is 409 g/mol. The molecule has 0 bridgehead atoms. The first-order valence-electron chi connectivity index (χ1n) is 8.51. The van der Waals surface area contributed by atoms with Crippen molar-refractivity contribution in [1.82, 2.24) is 18.7 Å². The van der Waals surface area contributed by atoms with Crippen molar-refractivity contribution in [2.45, 2.75) is 24.2 Å². The predicted molar refractivity (Wildman–Crippen MR) is 108 cm³/mol. The second kappa shape index (κ2) is 8.33. The zero-order valence-electron chi connectivity index (χ0n) is 15.1. The summed E-state index contributed by atoms with van der Waals surface area (Å²) in [7, 11) is 3.06. The number of rotatable bonds is 7. The van der Waals surface area contributed by atoms with Gasteiger partial charge in [0, 0.05) is 32.3 Å². The molecular weight excluding hydrogens is 388 g/mol. The Labute approximate surface area is 165 Å². The highest BCUT2D eigenvalue weighted by atomic mass is 35.5. The van der Waals surface area contributed by atoms with E-state index in [2.05, 4.69) is 4.98 Å². The molecule has 0 saturated heterocycles. The van der Waals surface area contributed by atoms with Crippen LogP contribution in [0.5, 0.6) is 0 Å². The van der Waals surface area contributed by atoms with Crippen LogP contribution in [0.25, 0.3) is 11.2 Å². The zero-order chi connectivity index (χ0) is 19.6. The van der Waals surface area contributed by atoms with Gasteiger partial charge in [-0.15, -0.1) is 11.6 Å². The topological polar surface area (TPSA) is 82.1 Å². The molecule has 1 aromatic carbocycles. The molecule has 3 aromatic rings. The monoisotopic (exact) mass is 408 g/mol. The third kappa shape index (κ3) is 3.97. The number of hydrogen-bond acceptors (Lipinski definition) is 5. The van der Waals surface area contributed by atoms with Crippen molar-refractivity contribution in [3.05, 3.63) is 56.7 Å². The van der Waals surface area contributed by atoms with E-state index in [-0.39, 0.29) is 11.4 Å². The van der Waals surface area contributed by atoms with Gasteiger partial charge in [0.05, 0.1) is 6.10 Å². The lowest BCUT2D eigenvalue weighted by atomic mass is 10.1. The Kier molecular flexibility index (Phi) is 6.08. The minimum absolute atomic E-state index is 0.123. The zero-order valence-corrected chi connectivity index (χ0v) is 16.7. The number of aliphatic hydroxyl groups is 1. The van der Waals surface area contributed by atoms with Gasteiger partial charge < -0.3 is 9.67 Å². The van der Waals surface area contributed by atoms with Crippen molar-refractivity contribution in [2.75, 3.05) is 11.6 Å². The standard InChI is InChI=1S/C18H21ClN4O3S/c1-21-15-14(16(25)22(2)18(21)26)23(9-8-12-6-4-3-5-7-12)17(20-15)27-11-13(24)10-19/h3-7,13,24H,8-11H2,1-2H3/t13-/m1/s1. The number of hydrogen-bond donors (Lipinski definition) is 1. The molecule has 0 aliphatic heterocycles. The van der Waals surface area contributed by atoms with E-state index in [1.54, 1.807) is 7.05 Å². The van der Waals surface area contributed by atoms with Crippen LogP contribution in [0.2, 0.25) is 0 Å². The summed E-state index contributed by atoms with van der Waals surface area (Å²) in [5, 5.41) is 10.4. The predicted octanol–water partition coefficient (Wildman–Crippen LogP) is 1.37. The van der Waals surface area contributed by atoms with Gasteiger partial charge >= 0.3 is 5.69 Å². The summed E-state index contributed by atoms with van der Waals surface area (Å²) < 4.78 is 4.29. The van der Waals surface area contributed by atoms with Crippen LogP contribution >= 0.6 is 23.4 Å². The van der Waals surface area contributed by atoms with Crippen LogP contribution in [0.4, 0.5) is 0 Å². The van der Waals surface area contributed by atoms with E-state index in [9.17, 15) is 14.7 Å². The number of aryl methyl sites for hydroxylation is 3. The first-order valence-corrected chi connectivity index (χ1v) is 10.0. The fourth-order valence-electron chi connectivity index (χ4n) is 2.85. The molecule has 27 heavy (non-hydrogen) atoms. The Morgan fingerprint density at radius 1 is 1.19 bits per heavy atom. The highest BCUT2D eigenvalue weighted by Crippen LogP contribution is 2.23. The minimum atomic E-state index is -0.675. The number of imidazole rings is 1. The fourth-order valence-corrected chi connectivity index (χ4v) is 4.03. The van der Waals surface area contributed by atoms with Crippen LogP contribution in [0.15, 0.2) is 45.1 Å². The molecule has 0 spiro atoms. The molecule has 9 heteroatoms. The molecule has 0 amide bonds. The lowest BCUT2D eigenvalue weighted by Crippen LogP contribution is -2.37. The third-order valence-electron chi connectivity index (χ3n) is 4.36. The van der Waals surface area contributed by atoms with Gasteiger partial charge in [-0.3, -0.25) is 13.9 Å². The summed E-state index contributed by atoms with van der Waals surface area (Å²) in [6, 6.07) is 9.94. The molecule has 0 saturated carbocycles. The normalized spacial score (nSPS) is 12.6. The number of alkyl halides is 1. The Balaban J connectivity index is 2.08. The van der Waals surface area contributed by atoms with Gasteiger partial charge in [0.1, 0.15) is 0 Å². The van der Waals surface area contributed by atoms with E-state index in [0.717, 1.165) is 10.1 Å². The highest BCUT2D eigenvalue weighted by molar-refractivity contribution is 7.99. The SMILES string of the molecule is Cn1c(=O)c2c(nc(SC[C@H](O)CCl)n2CCc2ccccc2)n(C)c1=O. The first kappa shape index (κ1) is 19.7. The second-order valence-electron chi connectivity index (χ2n) is 6.28. The van der Waals surface area contributed by atoms with E-state index in [1.165, 1.54) is 23.4 Å². The van der Waals surface area contributed by atoms with E-state index >= 15 is 0 Å². The van der Waals surface area contributed by atoms with Gasteiger partial charge in [0.15, 0.2) is 16.3 Å². The summed E-state index contributed by atoms with van der Waals surface area (Å²) in [5.74, 6) is 0.476. The molecule has 7 nitrogen and oxygen atoms in total. The van der Waals surface area contributed by atoms with Crippen LogP contribution in [-0.2, 0) is 27.1 Å². The molecule has 1 atom stereocenters. The summed E-state index contributed by atoms with van der Waals surface area (Å²) in [4.78, 5) is 29.5. The molecule has 0 unspecified atom stereocenters. The van der Waals surface area contributed by atoms with Crippen LogP contribution in [0.1, 0.15) is 5.56 Å². The van der Waals surface area contributed by atoms with E-state index in [4.69, 9.17) is 11.6 Å². The number of halogens is 1. The van der Waals surface area contributed by atoms with E-state index in [0.29, 0.717) is 35.0 Å². The summed E-state index contributed by atoms with van der Waals surface area (Å²) in [5.41, 5.74) is 1.08. The van der Waals surface area contributed by atoms with Crippen molar-refractivity contribution in [2.24, 2.45) is 14.1 Å². The molecule has 0 fully saturated rings. The first-order chi connectivity index (χ1) is 12.9. The maximum Gasteiger partial charge on any atom is 0.332 e. The van der Waals surface area contributed by atoms with Gasteiger partial charge in [0.25, 0.3) is 5.56 Å². The number of aromatic nitrogens is 4. The van der Waals surface area contributed by atoms with Gasteiger partial charge in [-0.2, -0.15) is 0 Å². The van der Waals surface area contributed by atoms with Crippen LogP contribution in [-0.4, -0.2) is 41.5 Å². The Morgan fingerprint density at radius 2 is 1.89 bits per heavy atom. The number of benzene rings is 1. The van der Waals surface area contributed by atoms with Gasteiger partial charge in [-0.1, -0.05) is 42.1 Å². The molecule has 0 aliphatic carbocycles. The van der Waals surface area contributed by atoms with Crippen LogP contribution in [0, 0.1) is 0 Å². The quantitative estimate of drug-likeness (QED) is 0.471. The largest absolute Gasteiger partial charge is 0.391 e. The Bertz CT molecular complexity index is 1060. The molecular formula is C18H21ClN4O3S.